The SMILES string of the molecule is CC(C)NC(=NCCc1ccco1)NC1CCN(Cc2ccccc2)CC1.I. The number of furan rings is 1. The average molecular weight is 496 g/mol. The highest BCUT2D eigenvalue weighted by Crippen LogP contribution is 2.14. The monoisotopic (exact) mass is 496 g/mol. The fourth-order valence-electron chi connectivity index (χ4n) is 3.41. The molecule has 0 spiro atoms. The fourth-order valence-corrected chi connectivity index (χ4v) is 3.41. The average Bonchev–Trinajstić information content (AvgIpc) is 3.17. The van der Waals surface area contributed by atoms with Crippen LogP contribution in [0.5, 0.6) is 0 Å². The Morgan fingerprint density at radius 1 is 1.14 bits per heavy atom. The molecule has 1 saturated heterocycles. The summed E-state index contributed by atoms with van der Waals surface area (Å²) in [6.07, 6.45) is 4.83. The van der Waals surface area contributed by atoms with Crippen LogP contribution < -0.4 is 10.6 Å². The molecule has 154 valence electrons. The number of hydrogen-bond donors (Lipinski definition) is 2. The summed E-state index contributed by atoms with van der Waals surface area (Å²) in [4.78, 5) is 7.28. The lowest BCUT2D eigenvalue weighted by Crippen LogP contribution is -2.50. The Labute approximate surface area is 186 Å². The van der Waals surface area contributed by atoms with Crippen molar-refractivity contribution in [2.24, 2.45) is 4.99 Å². The molecule has 6 heteroatoms. The largest absolute Gasteiger partial charge is 0.469 e. The molecule has 2 aromatic rings. The van der Waals surface area contributed by atoms with Gasteiger partial charge in [0.05, 0.1) is 6.26 Å². The van der Waals surface area contributed by atoms with Crippen LogP contribution in [0.25, 0.3) is 0 Å². The Bertz CT molecular complexity index is 680. The molecule has 1 aromatic carbocycles. The van der Waals surface area contributed by atoms with Gasteiger partial charge in [-0.05, 0) is 44.4 Å². The van der Waals surface area contributed by atoms with E-state index in [2.05, 4.69) is 59.7 Å². The van der Waals surface area contributed by atoms with Gasteiger partial charge in [-0.1, -0.05) is 30.3 Å². The second-order valence-corrected chi connectivity index (χ2v) is 7.54. The van der Waals surface area contributed by atoms with Crippen LogP contribution in [0.3, 0.4) is 0 Å². The topological polar surface area (TPSA) is 52.8 Å². The van der Waals surface area contributed by atoms with E-state index in [0.717, 1.165) is 57.2 Å². The highest BCUT2D eigenvalue weighted by molar-refractivity contribution is 14.0. The maximum Gasteiger partial charge on any atom is 0.191 e. The van der Waals surface area contributed by atoms with Crippen molar-refractivity contribution in [2.45, 2.75) is 51.7 Å². The summed E-state index contributed by atoms with van der Waals surface area (Å²) in [5.41, 5.74) is 1.39. The van der Waals surface area contributed by atoms with Gasteiger partial charge in [0.25, 0.3) is 0 Å². The summed E-state index contributed by atoms with van der Waals surface area (Å²) < 4.78 is 5.39. The van der Waals surface area contributed by atoms with Crippen LogP contribution in [-0.4, -0.2) is 42.6 Å². The van der Waals surface area contributed by atoms with Crippen LogP contribution in [-0.2, 0) is 13.0 Å². The van der Waals surface area contributed by atoms with Crippen molar-refractivity contribution in [3.63, 3.8) is 0 Å². The van der Waals surface area contributed by atoms with Gasteiger partial charge in [-0.25, -0.2) is 0 Å². The lowest BCUT2D eigenvalue weighted by molar-refractivity contribution is 0.198. The number of halogens is 1. The summed E-state index contributed by atoms with van der Waals surface area (Å²) in [6, 6.07) is 15.5. The van der Waals surface area contributed by atoms with Gasteiger partial charge in [0.15, 0.2) is 5.96 Å². The van der Waals surface area contributed by atoms with Crippen molar-refractivity contribution in [3.05, 3.63) is 60.1 Å². The van der Waals surface area contributed by atoms with Crippen LogP contribution >= 0.6 is 24.0 Å². The van der Waals surface area contributed by atoms with E-state index in [1.165, 1.54) is 5.56 Å². The molecule has 28 heavy (non-hydrogen) atoms. The summed E-state index contributed by atoms with van der Waals surface area (Å²) in [5, 5.41) is 7.09. The number of nitrogens with one attached hydrogen (secondary N) is 2. The smallest absolute Gasteiger partial charge is 0.191 e. The fraction of sp³-hybridized carbons (Fsp3) is 0.500. The third kappa shape index (κ3) is 7.83. The first-order chi connectivity index (χ1) is 13.2. The summed E-state index contributed by atoms with van der Waals surface area (Å²) in [5.74, 6) is 1.90. The van der Waals surface area contributed by atoms with Crippen LogP contribution in [0.15, 0.2) is 58.1 Å². The van der Waals surface area contributed by atoms with Gasteiger partial charge in [0, 0.05) is 44.7 Å². The van der Waals surface area contributed by atoms with Crippen LogP contribution in [0, 0.1) is 0 Å². The first-order valence-corrected chi connectivity index (χ1v) is 10.1. The molecule has 0 unspecified atom stereocenters. The van der Waals surface area contributed by atoms with Crippen molar-refractivity contribution in [1.82, 2.24) is 15.5 Å². The van der Waals surface area contributed by atoms with Gasteiger partial charge < -0.3 is 15.1 Å². The third-order valence-electron chi connectivity index (χ3n) is 4.81. The standard InChI is InChI=1S/C22H32N4O.HI/c1-18(2)24-22(23-13-10-21-9-6-16-27-21)25-20-11-14-26(15-12-20)17-19-7-4-3-5-8-19;/h3-9,16,18,20H,10-15,17H2,1-2H3,(H2,23,24,25);1H. The normalized spacial score (nSPS) is 16.0. The zero-order valence-electron chi connectivity index (χ0n) is 16.9. The maximum absolute atomic E-state index is 5.39. The Morgan fingerprint density at radius 3 is 2.54 bits per heavy atom. The molecule has 1 aromatic heterocycles. The van der Waals surface area contributed by atoms with Crippen molar-refractivity contribution < 1.29 is 4.42 Å². The number of benzene rings is 1. The molecule has 0 aliphatic carbocycles. The van der Waals surface area contributed by atoms with Crippen molar-refractivity contribution in [2.75, 3.05) is 19.6 Å². The summed E-state index contributed by atoms with van der Waals surface area (Å²) in [6.45, 7) is 8.30. The first-order valence-electron chi connectivity index (χ1n) is 10.1. The minimum atomic E-state index is 0. The lowest BCUT2D eigenvalue weighted by atomic mass is 10.0. The third-order valence-corrected chi connectivity index (χ3v) is 4.81. The van der Waals surface area contributed by atoms with E-state index >= 15 is 0 Å². The van der Waals surface area contributed by atoms with E-state index in [9.17, 15) is 0 Å². The molecule has 0 atom stereocenters. The van der Waals surface area contributed by atoms with Gasteiger partial charge >= 0.3 is 0 Å². The number of nitrogens with zero attached hydrogens (tertiary/aromatic N) is 2. The van der Waals surface area contributed by atoms with Crippen molar-refractivity contribution >= 4 is 29.9 Å². The Morgan fingerprint density at radius 2 is 1.89 bits per heavy atom. The highest BCUT2D eigenvalue weighted by Gasteiger charge is 2.20. The van der Waals surface area contributed by atoms with Crippen molar-refractivity contribution in [3.8, 4) is 0 Å². The van der Waals surface area contributed by atoms with E-state index in [1.54, 1.807) is 6.26 Å². The first kappa shape index (κ1) is 22.7. The number of aliphatic imine (C=N–C) groups is 1. The van der Waals surface area contributed by atoms with E-state index in [4.69, 9.17) is 9.41 Å². The summed E-state index contributed by atoms with van der Waals surface area (Å²) >= 11 is 0. The molecule has 2 N–H and O–H groups in total. The number of likely N-dealkylation sites (tertiary alicyclic amines) is 1. The molecule has 0 bridgehead atoms. The molecule has 1 fully saturated rings. The number of hydrogen-bond acceptors (Lipinski definition) is 3. The van der Waals surface area contributed by atoms with Crippen LogP contribution in [0.4, 0.5) is 0 Å². The summed E-state index contributed by atoms with van der Waals surface area (Å²) in [7, 11) is 0. The van der Waals surface area contributed by atoms with Gasteiger partial charge in [0.2, 0.25) is 0 Å². The molecule has 3 rings (SSSR count). The quantitative estimate of drug-likeness (QED) is 0.345. The van der Waals surface area contributed by atoms with Gasteiger partial charge in [-0.15, -0.1) is 24.0 Å². The predicted molar refractivity (Wildman–Crippen MR) is 126 cm³/mol. The molecule has 1 aliphatic heterocycles. The minimum absolute atomic E-state index is 0. The highest BCUT2D eigenvalue weighted by atomic mass is 127. The van der Waals surface area contributed by atoms with E-state index < -0.39 is 0 Å². The second-order valence-electron chi connectivity index (χ2n) is 7.54. The Hall–Kier alpha value is -1.54. The Balaban J connectivity index is 0.00000280. The molecular formula is C22H33IN4O. The molecular weight excluding hydrogens is 463 g/mol. The molecule has 2 heterocycles. The van der Waals surface area contributed by atoms with Crippen molar-refractivity contribution in [1.29, 1.82) is 0 Å². The zero-order chi connectivity index (χ0) is 18.9. The number of rotatable bonds is 7. The van der Waals surface area contributed by atoms with E-state index in [-0.39, 0.29) is 24.0 Å². The van der Waals surface area contributed by atoms with Gasteiger partial charge in [-0.2, -0.15) is 0 Å². The number of piperidine rings is 1. The molecule has 5 nitrogen and oxygen atoms in total. The van der Waals surface area contributed by atoms with Gasteiger partial charge in [-0.3, -0.25) is 9.89 Å². The minimum Gasteiger partial charge on any atom is -0.469 e. The predicted octanol–water partition coefficient (Wildman–Crippen LogP) is 4.05. The van der Waals surface area contributed by atoms with Gasteiger partial charge in [0.1, 0.15) is 5.76 Å². The zero-order valence-corrected chi connectivity index (χ0v) is 19.3. The van der Waals surface area contributed by atoms with Crippen LogP contribution in [0.2, 0.25) is 0 Å². The second kappa shape index (κ2) is 12.1. The molecule has 0 saturated carbocycles. The van der Waals surface area contributed by atoms with E-state index in [0.29, 0.717) is 12.1 Å². The number of guanidine groups is 1. The molecule has 1 aliphatic rings. The van der Waals surface area contributed by atoms with E-state index in [1.807, 2.05) is 12.1 Å². The maximum atomic E-state index is 5.39. The van der Waals surface area contributed by atoms with Crippen LogP contribution in [0.1, 0.15) is 38.0 Å². The Kier molecular flexibility index (Phi) is 9.84. The lowest BCUT2D eigenvalue weighted by Gasteiger charge is -2.33. The molecule has 0 radical (unpaired) electrons. The molecule has 0 amide bonds.